The summed E-state index contributed by atoms with van der Waals surface area (Å²) in [7, 11) is 0. The molecule has 1 fully saturated rings. The minimum absolute atomic E-state index is 0.0230. The summed E-state index contributed by atoms with van der Waals surface area (Å²) in [4.78, 5) is 34.2. The van der Waals surface area contributed by atoms with Crippen LogP contribution >= 0.6 is 0 Å². The Morgan fingerprint density at radius 1 is 1.04 bits per heavy atom. The minimum atomic E-state index is -1.76. The van der Waals surface area contributed by atoms with Crippen LogP contribution in [0.15, 0.2) is 0 Å². The molecule has 1 rings (SSSR count). The number of carbonyl (C=O) groups is 3. The molecule has 2 amide bonds. The first-order chi connectivity index (χ1) is 13.3. The van der Waals surface area contributed by atoms with Gasteiger partial charge in [0.25, 0.3) is 0 Å². The van der Waals surface area contributed by atoms with E-state index in [1.165, 1.54) is 0 Å². The fraction of sp³-hybridized carbons (Fsp3) is 0.800. The van der Waals surface area contributed by atoms with Crippen molar-refractivity contribution in [2.75, 3.05) is 32.8 Å². The standard InChI is InChI=1S/C15H27N3O10/c1-2-25-9(19)3-5-17-14(23)26-7-8-10(20)11(21)12(13(22)27-8)28-15(24)18-6-4-16/h8,10-13,20-22H,2-7,16H2,1H3,(H,17,23)(H,18,24)/t8-,10-,11+,12-,13-/m1/s1. The van der Waals surface area contributed by atoms with E-state index in [1.54, 1.807) is 6.92 Å². The minimum Gasteiger partial charge on any atom is -0.466 e. The lowest BCUT2D eigenvalue weighted by Crippen LogP contribution is -2.60. The number of ether oxygens (including phenoxy) is 4. The van der Waals surface area contributed by atoms with Crippen LogP contribution in [0.4, 0.5) is 9.59 Å². The fourth-order valence-corrected chi connectivity index (χ4v) is 2.23. The lowest BCUT2D eigenvalue weighted by atomic mass is 9.99. The summed E-state index contributed by atoms with van der Waals surface area (Å²) in [5, 5.41) is 34.5. The van der Waals surface area contributed by atoms with Crippen LogP contribution in [0.25, 0.3) is 0 Å². The first-order valence-electron chi connectivity index (χ1n) is 8.70. The van der Waals surface area contributed by atoms with Crippen LogP contribution in [-0.2, 0) is 23.7 Å². The Hall–Kier alpha value is -2.19. The second-order valence-electron chi connectivity index (χ2n) is 5.71. The molecular weight excluding hydrogens is 382 g/mol. The van der Waals surface area contributed by atoms with Gasteiger partial charge in [-0.1, -0.05) is 0 Å². The maximum Gasteiger partial charge on any atom is 0.407 e. The number of alkyl carbamates (subject to hydrolysis) is 2. The maximum atomic E-state index is 11.6. The largest absolute Gasteiger partial charge is 0.466 e. The van der Waals surface area contributed by atoms with Crippen molar-refractivity contribution in [3.8, 4) is 0 Å². The molecule has 1 saturated heterocycles. The van der Waals surface area contributed by atoms with E-state index < -0.39 is 55.5 Å². The van der Waals surface area contributed by atoms with Gasteiger partial charge in [-0.05, 0) is 6.92 Å². The highest BCUT2D eigenvalue weighted by Gasteiger charge is 2.46. The van der Waals surface area contributed by atoms with Gasteiger partial charge in [0.05, 0.1) is 13.0 Å². The molecule has 0 aromatic rings. The summed E-state index contributed by atoms with van der Waals surface area (Å²) >= 11 is 0. The van der Waals surface area contributed by atoms with Crippen molar-refractivity contribution in [1.82, 2.24) is 10.6 Å². The third-order valence-corrected chi connectivity index (χ3v) is 3.60. The van der Waals surface area contributed by atoms with E-state index >= 15 is 0 Å². The van der Waals surface area contributed by atoms with Gasteiger partial charge in [0.2, 0.25) is 0 Å². The molecule has 162 valence electrons. The highest BCUT2D eigenvalue weighted by Crippen LogP contribution is 2.22. The molecule has 0 radical (unpaired) electrons. The van der Waals surface area contributed by atoms with Gasteiger partial charge < -0.3 is 50.6 Å². The molecule has 13 nitrogen and oxygen atoms in total. The number of carbonyl (C=O) groups excluding carboxylic acids is 3. The predicted octanol–water partition coefficient (Wildman–Crippen LogP) is -2.84. The molecule has 0 bridgehead atoms. The van der Waals surface area contributed by atoms with Gasteiger partial charge in [-0.15, -0.1) is 0 Å². The average molecular weight is 409 g/mol. The smallest absolute Gasteiger partial charge is 0.407 e. The second-order valence-corrected chi connectivity index (χ2v) is 5.71. The Morgan fingerprint density at radius 3 is 2.36 bits per heavy atom. The maximum absolute atomic E-state index is 11.6. The van der Waals surface area contributed by atoms with E-state index in [2.05, 4.69) is 15.4 Å². The Balaban J connectivity index is 2.41. The van der Waals surface area contributed by atoms with Crippen molar-refractivity contribution in [3.05, 3.63) is 0 Å². The third kappa shape index (κ3) is 7.82. The van der Waals surface area contributed by atoms with Crippen molar-refractivity contribution < 1.29 is 48.7 Å². The number of hydrogen-bond donors (Lipinski definition) is 6. The third-order valence-electron chi connectivity index (χ3n) is 3.60. The summed E-state index contributed by atoms with van der Waals surface area (Å²) in [6.45, 7) is 1.62. The van der Waals surface area contributed by atoms with Crippen LogP contribution in [0.2, 0.25) is 0 Å². The molecule has 7 N–H and O–H groups in total. The van der Waals surface area contributed by atoms with Gasteiger partial charge in [0.15, 0.2) is 12.4 Å². The number of esters is 1. The zero-order valence-corrected chi connectivity index (χ0v) is 15.4. The molecule has 13 heteroatoms. The Labute approximate surface area is 161 Å². The number of nitrogens with two attached hydrogens (primary N) is 1. The number of amides is 2. The van der Waals surface area contributed by atoms with Gasteiger partial charge >= 0.3 is 18.2 Å². The Morgan fingerprint density at radius 2 is 1.71 bits per heavy atom. The molecule has 5 atom stereocenters. The first-order valence-corrected chi connectivity index (χ1v) is 8.70. The quantitative estimate of drug-likeness (QED) is 0.169. The van der Waals surface area contributed by atoms with Gasteiger partial charge in [0.1, 0.15) is 24.9 Å². The highest BCUT2D eigenvalue weighted by atomic mass is 16.7. The number of hydrogen-bond acceptors (Lipinski definition) is 11. The van der Waals surface area contributed by atoms with E-state index in [1.807, 2.05) is 0 Å². The SMILES string of the molecule is CCOC(=O)CCNC(=O)OC[C@H]1O[C@@H](O)[C@H](OC(=O)NCCN)[C@@H](O)[C@@H]1O. The second kappa shape index (κ2) is 12.3. The Kier molecular flexibility index (Phi) is 10.5. The van der Waals surface area contributed by atoms with E-state index in [4.69, 9.17) is 19.9 Å². The van der Waals surface area contributed by atoms with E-state index in [-0.39, 0.29) is 32.7 Å². The van der Waals surface area contributed by atoms with Gasteiger partial charge in [-0.3, -0.25) is 4.79 Å². The van der Waals surface area contributed by atoms with Crippen molar-refractivity contribution in [1.29, 1.82) is 0 Å². The number of aliphatic hydroxyl groups excluding tert-OH is 3. The molecule has 0 aromatic heterocycles. The van der Waals surface area contributed by atoms with Crippen molar-refractivity contribution in [2.45, 2.75) is 44.1 Å². The normalized spacial score (nSPS) is 26.8. The Bertz CT molecular complexity index is 520. The molecule has 0 aliphatic carbocycles. The topological polar surface area (TPSA) is 199 Å². The first kappa shape index (κ1) is 23.8. The van der Waals surface area contributed by atoms with Gasteiger partial charge in [-0.2, -0.15) is 0 Å². The highest BCUT2D eigenvalue weighted by molar-refractivity contribution is 5.71. The lowest BCUT2D eigenvalue weighted by Gasteiger charge is -2.39. The molecular formula is C15H27N3O10. The van der Waals surface area contributed by atoms with Crippen molar-refractivity contribution in [2.24, 2.45) is 5.73 Å². The molecule has 1 heterocycles. The number of aliphatic hydroxyl groups is 3. The lowest BCUT2D eigenvalue weighted by molar-refractivity contribution is -0.285. The molecule has 1 aliphatic rings. The van der Waals surface area contributed by atoms with Crippen LogP contribution in [-0.4, -0.2) is 97.0 Å². The summed E-state index contributed by atoms with van der Waals surface area (Å²) in [6.07, 6.45) is -9.79. The van der Waals surface area contributed by atoms with Gasteiger partial charge in [0, 0.05) is 19.6 Å². The van der Waals surface area contributed by atoms with Crippen LogP contribution < -0.4 is 16.4 Å². The van der Waals surface area contributed by atoms with Crippen LogP contribution in [0, 0.1) is 0 Å². The summed E-state index contributed by atoms with van der Waals surface area (Å²) in [5.74, 6) is -0.485. The van der Waals surface area contributed by atoms with Crippen molar-refractivity contribution >= 4 is 18.2 Å². The number of nitrogens with one attached hydrogen (secondary N) is 2. The number of rotatable bonds is 9. The predicted molar refractivity (Wildman–Crippen MR) is 90.8 cm³/mol. The molecule has 0 spiro atoms. The summed E-state index contributed by atoms with van der Waals surface area (Å²) in [6, 6.07) is 0. The fourth-order valence-electron chi connectivity index (χ4n) is 2.23. The van der Waals surface area contributed by atoms with E-state index in [0.29, 0.717) is 0 Å². The molecule has 28 heavy (non-hydrogen) atoms. The van der Waals surface area contributed by atoms with Gasteiger partial charge in [-0.25, -0.2) is 9.59 Å². The van der Waals surface area contributed by atoms with Crippen molar-refractivity contribution in [3.63, 3.8) is 0 Å². The zero-order chi connectivity index (χ0) is 21.1. The molecule has 0 aromatic carbocycles. The monoisotopic (exact) mass is 409 g/mol. The molecule has 0 unspecified atom stereocenters. The van der Waals surface area contributed by atoms with E-state index in [9.17, 15) is 29.7 Å². The average Bonchev–Trinajstić information content (AvgIpc) is 2.65. The van der Waals surface area contributed by atoms with Crippen LogP contribution in [0.5, 0.6) is 0 Å². The summed E-state index contributed by atoms with van der Waals surface area (Å²) in [5.41, 5.74) is 5.22. The van der Waals surface area contributed by atoms with Crippen LogP contribution in [0.3, 0.4) is 0 Å². The molecule has 1 aliphatic heterocycles. The molecule has 0 saturated carbocycles. The van der Waals surface area contributed by atoms with E-state index in [0.717, 1.165) is 0 Å². The summed E-state index contributed by atoms with van der Waals surface area (Å²) < 4.78 is 19.4. The zero-order valence-electron chi connectivity index (χ0n) is 15.4. The van der Waals surface area contributed by atoms with Crippen LogP contribution in [0.1, 0.15) is 13.3 Å².